The molecule has 0 fully saturated rings. The zero-order chi connectivity index (χ0) is 9.80. The summed E-state index contributed by atoms with van der Waals surface area (Å²) in [5.41, 5.74) is 1.21. The maximum Gasteiger partial charge on any atom is 0.0346 e. The van der Waals surface area contributed by atoms with E-state index < -0.39 is 0 Å². The molecule has 0 aromatic heterocycles. The van der Waals surface area contributed by atoms with Crippen molar-refractivity contribution in [2.75, 3.05) is 11.9 Å². The molecule has 0 amide bonds. The highest BCUT2D eigenvalue weighted by Crippen LogP contribution is 2.18. The Labute approximate surface area is 90.9 Å². The van der Waals surface area contributed by atoms with Crippen LogP contribution in [0.5, 0.6) is 0 Å². The van der Waals surface area contributed by atoms with Crippen LogP contribution in [0.2, 0.25) is 0 Å². The number of fused-ring (bicyclic) bond motifs is 1. The van der Waals surface area contributed by atoms with Gasteiger partial charge in [0.25, 0.3) is 0 Å². The average Bonchev–Trinajstić information content (AvgIpc) is 2.26. The lowest BCUT2D eigenvalue weighted by molar-refractivity contribution is 0.980. The maximum absolute atomic E-state index is 3.39. The molecule has 2 aromatic rings. The normalized spacial score (nSPS) is 9.67. The fourth-order valence-corrected chi connectivity index (χ4v) is 1.57. The van der Waals surface area contributed by atoms with Crippen molar-refractivity contribution in [3.63, 3.8) is 0 Å². The SMILES string of the molecule is CCCNc1ccc2ccccc2c1.N. The van der Waals surface area contributed by atoms with Crippen LogP contribution in [0.15, 0.2) is 42.5 Å². The van der Waals surface area contributed by atoms with E-state index in [1.165, 1.54) is 16.5 Å². The van der Waals surface area contributed by atoms with E-state index >= 15 is 0 Å². The van der Waals surface area contributed by atoms with Crippen molar-refractivity contribution < 1.29 is 0 Å². The summed E-state index contributed by atoms with van der Waals surface area (Å²) in [4.78, 5) is 0. The summed E-state index contributed by atoms with van der Waals surface area (Å²) < 4.78 is 0. The Morgan fingerprint density at radius 3 is 2.47 bits per heavy atom. The molecule has 0 spiro atoms. The van der Waals surface area contributed by atoms with Crippen LogP contribution in [0.3, 0.4) is 0 Å². The second-order valence-corrected chi connectivity index (χ2v) is 3.49. The van der Waals surface area contributed by atoms with Crippen LogP contribution in [0.25, 0.3) is 10.8 Å². The van der Waals surface area contributed by atoms with Gasteiger partial charge in [0.2, 0.25) is 0 Å². The fourth-order valence-electron chi connectivity index (χ4n) is 1.57. The molecule has 0 heterocycles. The smallest absolute Gasteiger partial charge is 0.0346 e. The van der Waals surface area contributed by atoms with Crippen molar-refractivity contribution in [3.8, 4) is 0 Å². The van der Waals surface area contributed by atoms with Gasteiger partial charge in [-0.15, -0.1) is 0 Å². The fraction of sp³-hybridized carbons (Fsp3) is 0.231. The van der Waals surface area contributed by atoms with Crippen LogP contribution in [0, 0.1) is 0 Å². The van der Waals surface area contributed by atoms with E-state index in [1.54, 1.807) is 0 Å². The highest BCUT2D eigenvalue weighted by molar-refractivity contribution is 5.85. The topological polar surface area (TPSA) is 47.0 Å². The van der Waals surface area contributed by atoms with Crippen molar-refractivity contribution in [2.45, 2.75) is 13.3 Å². The Bertz CT molecular complexity index is 424. The maximum atomic E-state index is 3.39. The lowest BCUT2D eigenvalue weighted by Crippen LogP contribution is -1.98. The predicted octanol–water partition coefficient (Wildman–Crippen LogP) is 3.82. The molecule has 2 nitrogen and oxygen atoms in total. The third-order valence-electron chi connectivity index (χ3n) is 2.33. The zero-order valence-corrected chi connectivity index (χ0v) is 9.16. The van der Waals surface area contributed by atoms with Crippen LogP contribution < -0.4 is 11.5 Å². The van der Waals surface area contributed by atoms with Gasteiger partial charge in [-0.2, -0.15) is 0 Å². The third kappa shape index (κ3) is 2.70. The van der Waals surface area contributed by atoms with Crippen LogP contribution in [0.1, 0.15) is 13.3 Å². The van der Waals surface area contributed by atoms with E-state index in [0.717, 1.165) is 13.0 Å². The first kappa shape index (κ1) is 11.5. The first-order chi connectivity index (χ1) is 6.90. The Morgan fingerprint density at radius 2 is 1.73 bits per heavy atom. The minimum atomic E-state index is 0. The molecule has 4 N–H and O–H groups in total. The van der Waals surface area contributed by atoms with E-state index in [4.69, 9.17) is 0 Å². The number of hydrogen-bond acceptors (Lipinski definition) is 2. The second-order valence-electron chi connectivity index (χ2n) is 3.49. The molecule has 0 bridgehead atoms. The van der Waals surface area contributed by atoms with E-state index in [2.05, 4.69) is 54.7 Å². The van der Waals surface area contributed by atoms with Gasteiger partial charge in [-0.1, -0.05) is 37.3 Å². The lowest BCUT2D eigenvalue weighted by atomic mass is 10.1. The third-order valence-corrected chi connectivity index (χ3v) is 2.33. The quantitative estimate of drug-likeness (QED) is 0.794. The monoisotopic (exact) mass is 202 g/mol. The highest BCUT2D eigenvalue weighted by atomic mass is 14.9. The first-order valence-electron chi connectivity index (χ1n) is 5.13. The van der Waals surface area contributed by atoms with Gasteiger partial charge in [-0.25, -0.2) is 0 Å². The van der Waals surface area contributed by atoms with Crippen molar-refractivity contribution >= 4 is 16.5 Å². The minimum Gasteiger partial charge on any atom is -0.385 e. The molecular formula is C13H18N2. The van der Waals surface area contributed by atoms with Crippen molar-refractivity contribution in [1.82, 2.24) is 6.15 Å². The molecule has 0 saturated carbocycles. The van der Waals surface area contributed by atoms with Crippen LogP contribution >= 0.6 is 0 Å². The predicted molar refractivity (Wildman–Crippen MR) is 67.8 cm³/mol. The van der Waals surface area contributed by atoms with Gasteiger partial charge < -0.3 is 11.5 Å². The Morgan fingerprint density at radius 1 is 1.00 bits per heavy atom. The van der Waals surface area contributed by atoms with Gasteiger partial charge in [0.1, 0.15) is 0 Å². The van der Waals surface area contributed by atoms with Gasteiger partial charge in [0.15, 0.2) is 0 Å². The van der Waals surface area contributed by atoms with Crippen molar-refractivity contribution in [2.24, 2.45) is 0 Å². The average molecular weight is 202 g/mol. The summed E-state index contributed by atoms with van der Waals surface area (Å²) in [7, 11) is 0. The molecular weight excluding hydrogens is 184 g/mol. The molecule has 2 aromatic carbocycles. The standard InChI is InChI=1S/C13H15N.H3N/c1-2-9-14-13-8-7-11-5-3-4-6-12(11)10-13;/h3-8,10,14H,2,9H2,1H3;1H3. The second kappa shape index (κ2) is 5.37. The molecule has 0 unspecified atom stereocenters. The molecule has 15 heavy (non-hydrogen) atoms. The molecule has 0 saturated heterocycles. The Hall–Kier alpha value is -1.54. The van der Waals surface area contributed by atoms with Crippen LogP contribution in [-0.2, 0) is 0 Å². The molecule has 0 aliphatic carbocycles. The summed E-state index contributed by atoms with van der Waals surface area (Å²) in [6.45, 7) is 3.21. The summed E-state index contributed by atoms with van der Waals surface area (Å²) in [5.74, 6) is 0. The van der Waals surface area contributed by atoms with E-state index in [1.807, 2.05) is 0 Å². The highest BCUT2D eigenvalue weighted by Gasteiger charge is 1.93. The number of benzene rings is 2. The molecule has 0 atom stereocenters. The van der Waals surface area contributed by atoms with Crippen LogP contribution in [0.4, 0.5) is 5.69 Å². The van der Waals surface area contributed by atoms with Gasteiger partial charge in [-0.05, 0) is 29.3 Å². The number of nitrogens with one attached hydrogen (secondary N) is 1. The lowest BCUT2D eigenvalue weighted by Gasteiger charge is -2.05. The van der Waals surface area contributed by atoms with E-state index in [9.17, 15) is 0 Å². The summed E-state index contributed by atoms with van der Waals surface area (Å²) in [6, 6.07) is 14.9. The van der Waals surface area contributed by atoms with Crippen LogP contribution in [-0.4, -0.2) is 6.54 Å². The first-order valence-corrected chi connectivity index (χ1v) is 5.13. The van der Waals surface area contributed by atoms with Crippen molar-refractivity contribution in [1.29, 1.82) is 0 Å². The molecule has 2 heteroatoms. The molecule has 0 aliphatic rings. The molecule has 80 valence electrons. The van der Waals surface area contributed by atoms with E-state index in [0.29, 0.717) is 0 Å². The number of hydrogen-bond donors (Lipinski definition) is 2. The van der Waals surface area contributed by atoms with Gasteiger partial charge in [-0.3, -0.25) is 0 Å². The molecule has 0 aliphatic heterocycles. The summed E-state index contributed by atoms with van der Waals surface area (Å²) in [5, 5.41) is 5.99. The molecule has 2 rings (SSSR count). The summed E-state index contributed by atoms with van der Waals surface area (Å²) in [6.07, 6.45) is 1.16. The zero-order valence-electron chi connectivity index (χ0n) is 9.16. The van der Waals surface area contributed by atoms with Gasteiger partial charge >= 0.3 is 0 Å². The summed E-state index contributed by atoms with van der Waals surface area (Å²) >= 11 is 0. The Balaban J connectivity index is 0.00000112. The minimum absolute atomic E-state index is 0. The van der Waals surface area contributed by atoms with Gasteiger partial charge in [0, 0.05) is 12.2 Å². The largest absolute Gasteiger partial charge is 0.385 e. The Kier molecular flexibility index (Phi) is 4.13. The van der Waals surface area contributed by atoms with Crippen molar-refractivity contribution in [3.05, 3.63) is 42.5 Å². The number of anilines is 1. The molecule has 0 radical (unpaired) electrons. The van der Waals surface area contributed by atoms with E-state index in [-0.39, 0.29) is 6.15 Å². The number of rotatable bonds is 3. The van der Waals surface area contributed by atoms with Gasteiger partial charge in [0.05, 0.1) is 0 Å².